The van der Waals surface area contributed by atoms with Gasteiger partial charge in [0.25, 0.3) is 0 Å². The highest BCUT2D eigenvalue weighted by molar-refractivity contribution is 6.33. The Balaban J connectivity index is 3.26. The summed E-state index contributed by atoms with van der Waals surface area (Å²) in [6, 6.07) is 0. The molecule has 13 nitrogen and oxygen atoms in total. The summed E-state index contributed by atoms with van der Waals surface area (Å²) in [5, 5.41) is 11.5. The molecule has 3 atom stereocenters. The zero-order valence-corrected chi connectivity index (χ0v) is 15.8. The van der Waals surface area contributed by atoms with Crippen molar-refractivity contribution in [2.75, 3.05) is 0 Å². The average Bonchev–Trinajstić information content (AvgIpc) is 2.58. The number of fused-ring (bicyclic) bond motifs is 3. The van der Waals surface area contributed by atoms with Gasteiger partial charge >= 0.3 is 23.8 Å². The maximum atomic E-state index is 13.0. The van der Waals surface area contributed by atoms with Gasteiger partial charge in [0.2, 0.25) is 22.7 Å². The largest absolute Gasteiger partial charge is 0.435 e. The normalized spacial score (nSPS) is 32.7. The van der Waals surface area contributed by atoms with Crippen LogP contribution in [0.25, 0.3) is 0 Å². The van der Waals surface area contributed by atoms with Crippen LogP contribution in [0, 0.1) is 10.8 Å². The Hall–Kier alpha value is -3.03. The smallest absolute Gasteiger partial charge is 0.368 e. The quantitative estimate of drug-likeness (QED) is 0.302. The standard InChI is InChI=1S/C16H18N2O11/c1-5(19)13(6(2)20)10(23)27-9(17)16(18)28-11(24)14(7(3)21,8(4)22)15(13,26)12(25)29-16/h9,26H,17-18H2,1-4H3. The summed E-state index contributed by atoms with van der Waals surface area (Å²) in [5.74, 6) is -15.2. The first-order valence-corrected chi connectivity index (χ1v) is 8.07. The van der Waals surface area contributed by atoms with Crippen molar-refractivity contribution in [3.63, 3.8) is 0 Å². The minimum Gasteiger partial charge on any atom is -0.435 e. The van der Waals surface area contributed by atoms with Crippen molar-refractivity contribution in [3.8, 4) is 0 Å². The van der Waals surface area contributed by atoms with Crippen LogP contribution >= 0.6 is 0 Å². The molecule has 0 saturated carbocycles. The van der Waals surface area contributed by atoms with Crippen molar-refractivity contribution in [2.24, 2.45) is 22.3 Å². The summed E-state index contributed by atoms with van der Waals surface area (Å²) in [6.45, 7) is 2.38. The molecule has 0 amide bonds. The van der Waals surface area contributed by atoms with E-state index >= 15 is 0 Å². The number of cyclic esters (lactones) is 1. The van der Waals surface area contributed by atoms with Crippen molar-refractivity contribution < 1.29 is 52.9 Å². The van der Waals surface area contributed by atoms with Crippen LogP contribution in [0.5, 0.6) is 0 Å². The topological polar surface area (TPSA) is 219 Å². The Morgan fingerprint density at radius 3 is 1.52 bits per heavy atom. The molecule has 2 aliphatic rings. The summed E-state index contributed by atoms with van der Waals surface area (Å²) in [7, 11) is 0. The van der Waals surface area contributed by atoms with Crippen molar-refractivity contribution in [2.45, 2.75) is 45.4 Å². The fraction of sp³-hybridized carbons (Fsp3) is 0.562. The minimum atomic E-state index is -4.02. The van der Waals surface area contributed by atoms with Gasteiger partial charge in [-0.2, -0.15) is 0 Å². The lowest BCUT2D eigenvalue weighted by Gasteiger charge is -2.46. The summed E-state index contributed by atoms with van der Waals surface area (Å²) in [5.41, 5.74) is -0.0881. The number of hydrogen-bond donors (Lipinski definition) is 3. The van der Waals surface area contributed by atoms with Gasteiger partial charge in [0.05, 0.1) is 0 Å². The second kappa shape index (κ2) is 6.23. The van der Waals surface area contributed by atoms with Gasteiger partial charge < -0.3 is 19.3 Å². The van der Waals surface area contributed by atoms with Gasteiger partial charge in [-0.3, -0.25) is 40.2 Å². The van der Waals surface area contributed by atoms with Crippen molar-refractivity contribution in [1.29, 1.82) is 0 Å². The summed E-state index contributed by atoms with van der Waals surface area (Å²) >= 11 is 0. The Morgan fingerprint density at radius 1 is 0.793 bits per heavy atom. The molecule has 2 rings (SSSR count). The maximum Gasteiger partial charge on any atom is 0.368 e. The Morgan fingerprint density at radius 2 is 1.14 bits per heavy atom. The van der Waals surface area contributed by atoms with E-state index in [9.17, 15) is 38.7 Å². The van der Waals surface area contributed by atoms with E-state index < -0.39 is 69.6 Å². The number of carbonyl (C=O) groups is 7. The first kappa shape index (κ1) is 22.3. The molecule has 2 heterocycles. The fourth-order valence-corrected chi connectivity index (χ4v) is 3.84. The first-order valence-electron chi connectivity index (χ1n) is 8.07. The lowest BCUT2D eigenvalue weighted by Crippen LogP contribution is -2.78. The molecular formula is C16H18N2O11. The Labute approximate surface area is 162 Å². The Kier molecular flexibility index (Phi) is 4.79. The predicted octanol–water partition coefficient (Wildman–Crippen LogP) is -3.40. The monoisotopic (exact) mass is 414 g/mol. The molecule has 29 heavy (non-hydrogen) atoms. The van der Waals surface area contributed by atoms with E-state index in [0.29, 0.717) is 27.7 Å². The maximum absolute atomic E-state index is 13.0. The fourth-order valence-electron chi connectivity index (χ4n) is 3.84. The SMILES string of the molecule is CC(=O)C1(C(C)=O)C(=O)OC(N)C2(N)OC(=O)C(C(C)=O)(C(C)=O)C1(O)C(=O)O2. The van der Waals surface area contributed by atoms with Gasteiger partial charge in [0.1, 0.15) is 0 Å². The van der Waals surface area contributed by atoms with Crippen LogP contribution in [0.15, 0.2) is 0 Å². The van der Waals surface area contributed by atoms with Crippen LogP contribution in [-0.4, -0.2) is 63.9 Å². The van der Waals surface area contributed by atoms with E-state index in [0.717, 1.165) is 0 Å². The van der Waals surface area contributed by atoms with Crippen molar-refractivity contribution in [1.82, 2.24) is 0 Å². The molecule has 0 aromatic heterocycles. The molecule has 0 spiro atoms. The van der Waals surface area contributed by atoms with Crippen LogP contribution in [0.1, 0.15) is 27.7 Å². The lowest BCUT2D eigenvalue weighted by molar-refractivity contribution is -0.273. The molecule has 2 bridgehead atoms. The Bertz CT molecular complexity index is 831. The van der Waals surface area contributed by atoms with E-state index in [2.05, 4.69) is 4.74 Å². The average molecular weight is 414 g/mol. The zero-order valence-electron chi connectivity index (χ0n) is 15.8. The van der Waals surface area contributed by atoms with Crippen LogP contribution in [-0.2, 0) is 47.8 Å². The van der Waals surface area contributed by atoms with E-state index in [4.69, 9.17) is 20.9 Å². The summed E-state index contributed by atoms with van der Waals surface area (Å²) < 4.78 is 14.1. The molecular weight excluding hydrogens is 396 g/mol. The third kappa shape index (κ3) is 2.22. The van der Waals surface area contributed by atoms with E-state index in [-0.39, 0.29) is 0 Å². The van der Waals surface area contributed by atoms with E-state index in [1.54, 1.807) is 0 Å². The lowest BCUT2D eigenvalue weighted by atomic mass is 9.52. The second-order valence-corrected chi connectivity index (χ2v) is 6.76. The van der Waals surface area contributed by atoms with Gasteiger partial charge in [-0.25, -0.2) is 4.79 Å². The van der Waals surface area contributed by atoms with Crippen LogP contribution < -0.4 is 11.5 Å². The molecule has 0 aliphatic carbocycles. The summed E-state index contributed by atoms with van der Waals surface area (Å²) in [6.07, 6.45) is -2.29. The van der Waals surface area contributed by atoms with Crippen LogP contribution in [0.4, 0.5) is 0 Å². The predicted molar refractivity (Wildman–Crippen MR) is 85.7 cm³/mol. The highest BCUT2D eigenvalue weighted by Gasteiger charge is 2.85. The number of rotatable bonds is 4. The van der Waals surface area contributed by atoms with Gasteiger partial charge in [-0.15, -0.1) is 0 Å². The number of esters is 3. The number of ketones is 4. The third-order valence-corrected chi connectivity index (χ3v) is 5.24. The molecule has 3 unspecified atom stereocenters. The molecule has 0 aromatic carbocycles. The molecule has 2 saturated heterocycles. The minimum absolute atomic E-state index is 0.595. The molecule has 0 radical (unpaired) electrons. The number of ether oxygens (including phenoxy) is 3. The van der Waals surface area contributed by atoms with Gasteiger partial charge in [0, 0.05) is 0 Å². The second-order valence-electron chi connectivity index (χ2n) is 6.76. The number of carbonyl (C=O) groups excluding carboxylic acids is 7. The number of Topliss-reactive ketones (excluding diaryl/α,β-unsaturated/α-hetero) is 4. The highest BCUT2D eigenvalue weighted by Crippen LogP contribution is 2.53. The van der Waals surface area contributed by atoms with Gasteiger partial charge in [-0.05, 0) is 27.7 Å². The zero-order chi connectivity index (χ0) is 22.7. The van der Waals surface area contributed by atoms with Crippen LogP contribution in [0.2, 0.25) is 0 Å². The van der Waals surface area contributed by atoms with Crippen molar-refractivity contribution >= 4 is 41.0 Å². The van der Waals surface area contributed by atoms with E-state index in [1.807, 2.05) is 0 Å². The van der Waals surface area contributed by atoms with Gasteiger partial charge in [0.15, 0.2) is 23.1 Å². The highest BCUT2D eigenvalue weighted by atomic mass is 16.8. The summed E-state index contributed by atoms with van der Waals surface area (Å²) in [4.78, 5) is 89.2. The number of aliphatic hydroxyl groups is 1. The van der Waals surface area contributed by atoms with Crippen LogP contribution in [0.3, 0.4) is 0 Å². The molecule has 2 aliphatic heterocycles. The third-order valence-electron chi connectivity index (χ3n) is 5.24. The number of nitrogens with two attached hydrogens (primary N) is 2. The van der Waals surface area contributed by atoms with Crippen molar-refractivity contribution in [3.05, 3.63) is 0 Å². The molecule has 13 heteroatoms. The molecule has 0 aromatic rings. The first-order chi connectivity index (χ1) is 13.1. The van der Waals surface area contributed by atoms with Gasteiger partial charge in [-0.1, -0.05) is 0 Å². The number of hydrogen-bond acceptors (Lipinski definition) is 13. The molecule has 5 N–H and O–H groups in total. The molecule has 2 fully saturated rings. The van der Waals surface area contributed by atoms with E-state index in [1.165, 1.54) is 0 Å². The molecule has 158 valence electrons.